The van der Waals surface area contributed by atoms with Gasteiger partial charge in [-0.05, 0) is 35.9 Å². The summed E-state index contributed by atoms with van der Waals surface area (Å²) in [5.74, 6) is 0.817. The van der Waals surface area contributed by atoms with Gasteiger partial charge in [0.1, 0.15) is 12.4 Å². The van der Waals surface area contributed by atoms with Gasteiger partial charge in [-0.3, -0.25) is 0 Å². The Morgan fingerprint density at radius 3 is 2.44 bits per heavy atom. The first-order chi connectivity index (χ1) is 8.69. The van der Waals surface area contributed by atoms with Crippen LogP contribution in [0.3, 0.4) is 0 Å². The Hall–Kier alpha value is -1.03. The average molecular weight is 327 g/mol. The molecule has 18 heavy (non-hydrogen) atoms. The third-order valence-electron chi connectivity index (χ3n) is 2.56. The van der Waals surface area contributed by atoms with E-state index in [1.54, 1.807) is 0 Å². The summed E-state index contributed by atoms with van der Waals surface area (Å²) in [5.41, 5.74) is 7.53. The monoisotopic (exact) mass is 325 g/mol. The van der Waals surface area contributed by atoms with Crippen molar-refractivity contribution >= 4 is 27.5 Å². The van der Waals surface area contributed by atoms with Gasteiger partial charge in [-0.1, -0.05) is 39.7 Å². The summed E-state index contributed by atoms with van der Waals surface area (Å²) in [6.45, 7) is 0.943. The van der Waals surface area contributed by atoms with Gasteiger partial charge in [-0.2, -0.15) is 0 Å². The molecule has 2 rings (SSSR count). The van der Waals surface area contributed by atoms with Crippen molar-refractivity contribution in [2.45, 2.75) is 13.2 Å². The van der Waals surface area contributed by atoms with E-state index in [0.717, 1.165) is 21.3 Å². The van der Waals surface area contributed by atoms with Crippen molar-refractivity contribution in [1.29, 1.82) is 0 Å². The molecule has 0 aliphatic rings. The average Bonchev–Trinajstić information content (AvgIpc) is 2.39. The molecule has 0 atom stereocenters. The molecule has 2 N–H and O–H groups in total. The SMILES string of the molecule is NCc1ccc(COc2ccc(Br)cc2)c(Cl)c1. The Balaban J connectivity index is 2.04. The Morgan fingerprint density at radius 2 is 1.83 bits per heavy atom. The van der Waals surface area contributed by atoms with Crippen LogP contribution in [0.5, 0.6) is 5.75 Å². The van der Waals surface area contributed by atoms with E-state index >= 15 is 0 Å². The van der Waals surface area contributed by atoms with Crippen molar-refractivity contribution < 1.29 is 4.74 Å². The maximum Gasteiger partial charge on any atom is 0.119 e. The molecule has 2 nitrogen and oxygen atoms in total. The van der Waals surface area contributed by atoms with Crippen molar-refractivity contribution in [3.63, 3.8) is 0 Å². The zero-order chi connectivity index (χ0) is 13.0. The van der Waals surface area contributed by atoms with E-state index in [1.165, 1.54) is 0 Å². The van der Waals surface area contributed by atoms with Crippen LogP contribution >= 0.6 is 27.5 Å². The predicted octanol–water partition coefficient (Wildman–Crippen LogP) is 4.14. The number of halogens is 2. The molecular formula is C14H13BrClNO. The fraction of sp³-hybridized carbons (Fsp3) is 0.143. The van der Waals surface area contributed by atoms with Gasteiger partial charge < -0.3 is 10.5 Å². The lowest BCUT2D eigenvalue weighted by Gasteiger charge is -2.09. The molecular weight excluding hydrogens is 314 g/mol. The number of rotatable bonds is 4. The second-order valence-corrected chi connectivity index (χ2v) is 5.20. The van der Waals surface area contributed by atoms with Crippen molar-refractivity contribution in [3.8, 4) is 5.75 Å². The van der Waals surface area contributed by atoms with Crippen LogP contribution < -0.4 is 10.5 Å². The number of nitrogens with two attached hydrogens (primary N) is 1. The van der Waals surface area contributed by atoms with Crippen molar-refractivity contribution in [2.24, 2.45) is 5.73 Å². The minimum atomic E-state index is 0.450. The van der Waals surface area contributed by atoms with Crippen LogP contribution in [0, 0.1) is 0 Å². The maximum absolute atomic E-state index is 6.16. The maximum atomic E-state index is 6.16. The fourth-order valence-corrected chi connectivity index (χ4v) is 2.05. The first-order valence-corrected chi connectivity index (χ1v) is 6.72. The molecule has 0 unspecified atom stereocenters. The van der Waals surface area contributed by atoms with Crippen LogP contribution in [0.15, 0.2) is 46.9 Å². The van der Waals surface area contributed by atoms with Crippen LogP contribution in [0.2, 0.25) is 5.02 Å². The van der Waals surface area contributed by atoms with Crippen LogP contribution in [0.25, 0.3) is 0 Å². The van der Waals surface area contributed by atoms with Crippen LogP contribution in [0.4, 0.5) is 0 Å². The van der Waals surface area contributed by atoms with Gasteiger partial charge in [0.2, 0.25) is 0 Å². The van der Waals surface area contributed by atoms with Gasteiger partial charge in [0.05, 0.1) is 0 Å². The van der Waals surface area contributed by atoms with E-state index in [0.29, 0.717) is 18.2 Å². The number of hydrogen-bond donors (Lipinski definition) is 1. The lowest BCUT2D eigenvalue weighted by atomic mass is 10.1. The lowest BCUT2D eigenvalue weighted by Crippen LogP contribution is -1.99. The smallest absolute Gasteiger partial charge is 0.119 e. The molecule has 0 spiro atoms. The second kappa shape index (κ2) is 6.23. The summed E-state index contributed by atoms with van der Waals surface area (Å²) in [7, 11) is 0. The summed E-state index contributed by atoms with van der Waals surface area (Å²) in [5, 5.41) is 0.690. The van der Waals surface area contributed by atoms with Crippen molar-refractivity contribution in [2.75, 3.05) is 0 Å². The van der Waals surface area contributed by atoms with Crippen LogP contribution in [-0.2, 0) is 13.2 Å². The first kappa shape index (κ1) is 13.4. The Morgan fingerprint density at radius 1 is 1.11 bits per heavy atom. The topological polar surface area (TPSA) is 35.2 Å². The molecule has 0 fully saturated rings. The highest BCUT2D eigenvalue weighted by Crippen LogP contribution is 2.21. The molecule has 0 aliphatic carbocycles. The van der Waals surface area contributed by atoms with Gasteiger partial charge in [0.15, 0.2) is 0 Å². The van der Waals surface area contributed by atoms with Crippen LogP contribution in [0.1, 0.15) is 11.1 Å². The number of benzene rings is 2. The van der Waals surface area contributed by atoms with E-state index in [-0.39, 0.29) is 0 Å². The minimum absolute atomic E-state index is 0.450. The Kier molecular flexibility index (Phi) is 4.64. The Labute approximate surface area is 120 Å². The summed E-state index contributed by atoms with van der Waals surface area (Å²) in [6, 6.07) is 13.5. The molecule has 0 bridgehead atoms. The standard InChI is InChI=1S/C14H13BrClNO/c15-12-3-5-13(6-4-12)18-9-11-2-1-10(8-17)7-14(11)16/h1-7H,8-9,17H2. The second-order valence-electron chi connectivity index (χ2n) is 3.87. The number of ether oxygens (including phenoxy) is 1. The molecule has 0 heterocycles. The van der Waals surface area contributed by atoms with E-state index in [2.05, 4.69) is 15.9 Å². The normalized spacial score (nSPS) is 10.4. The van der Waals surface area contributed by atoms with Gasteiger partial charge >= 0.3 is 0 Å². The molecule has 0 aromatic heterocycles. The quantitative estimate of drug-likeness (QED) is 0.916. The van der Waals surface area contributed by atoms with Gasteiger partial charge in [-0.15, -0.1) is 0 Å². The van der Waals surface area contributed by atoms with Crippen LogP contribution in [-0.4, -0.2) is 0 Å². The molecule has 2 aromatic carbocycles. The molecule has 94 valence electrons. The van der Waals surface area contributed by atoms with Gasteiger partial charge in [0.25, 0.3) is 0 Å². The molecule has 0 amide bonds. The zero-order valence-corrected chi connectivity index (χ0v) is 12.0. The third kappa shape index (κ3) is 3.48. The largest absolute Gasteiger partial charge is 0.489 e. The van der Waals surface area contributed by atoms with E-state index in [4.69, 9.17) is 22.1 Å². The van der Waals surface area contributed by atoms with E-state index in [1.807, 2.05) is 42.5 Å². The van der Waals surface area contributed by atoms with Gasteiger partial charge in [0, 0.05) is 21.6 Å². The highest BCUT2D eigenvalue weighted by Gasteiger charge is 2.02. The van der Waals surface area contributed by atoms with Gasteiger partial charge in [-0.25, -0.2) is 0 Å². The molecule has 0 radical (unpaired) electrons. The third-order valence-corrected chi connectivity index (χ3v) is 3.44. The summed E-state index contributed by atoms with van der Waals surface area (Å²) in [4.78, 5) is 0. The molecule has 4 heteroatoms. The summed E-state index contributed by atoms with van der Waals surface area (Å²) >= 11 is 9.54. The molecule has 0 saturated heterocycles. The first-order valence-electron chi connectivity index (χ1n) is 5.55. The summed E-state index contributed by atoms with van der Waals surface area (Å²) in [6.07, 6.45) is 0. The minimum Gasteiger partial charge on any atom is -0.489 e. The summed E-state index contributed by atoms with van der Waals surface area (Å²) < 4.78 is 6.69. The van der Waals surface area contributed by atoms with Crippen molar-refractivity contribution in [3.05, 3.63) is 63.1 Å². The van der Waals surface area contributed by atoms with Crippen molar-refractivity contribution in [1.82, 2.24) is 0 Å². The van der Waals surface area contributed by atoms with E-state index < -0.39 is 0 Å². The fourth-order valence-electron chi connectivity index (χ4n) is 1.53. The van der Waals surface area contributed by atoms with E-state index in [9.17, 15) is 0 Å². The highest BCUT2D eigenvalue weighted by molar-refractivity contribution is 9.10. The zero-order valence-electron chi connectivity index (χ0n) is 9.70. The lowest BCUT2D eigenvalue weighted by molar-refractivity contribution is 0.306. The number of hydrogen-bond acceptors (Lipinski definition) is 2. The highest BCUT2D eigenvalue weighted by atomic mass is 79.9. The molecule has 0 aliphatic heterocycles. The predicted molar refractivity (Wildman–Crippen MR) is 77.8 cm³/mol. The molecule has 0 saturated carbocycles. The Bertz CT molecular complexity index is 528. The molecule has 2 aromatic rings.